The minimum atomic E-state index is -0.0752. The van der Waals surface area contributed by atoms with E-state index in [2.05, 4.69) is 21.9 Å². The molecule has 0 spiro atoms. The summed E-state index contributed by atoms with van der Waals surface area (Å²) in [4.78, 5) is 33.5. The Morgan fingerprint density at radius 3 is 2.10 bits per heavy atom. The molecule has 3 heterocycles. The molecule has 166 valence electrons. The minimum absolute atomic E-state index is 0.0752. The Balaban J connectivity index is 1.21. The van der Waals surface area contributed by atoms with Gasteiger partial charge in [-0.15, -0.1) is 0 Å². The van der Waals surface area contributed by atoms with E-state index in [1.54, 1.807) is 24.1 Å². The van der Waals surface area contributed by atoms with Crippen LogP contribution in [0.3, 0.4) is 0 Å². The van der Waals surface area contributed by atoms with Crippen molar-refractivity contribution in [3.8, 4) is 5.75 Å². The number of rotatable bonds is 5. The van der Waals surface area contributed by atoms with Crippen LogP contribution in [-0.4, -0.2) is 92.5 Å². The van der Waals surface area contributed by atoms with E-state index in [9.17, 15) is 9.59 Å². The molecule has 2 fully saturated rings. The van der Waals surface area contributed by atoms with E-state index in [0.717, 1.165) is 43.4 Å². The quantitative estimate of drug-likeness (QED) is 0.725. The first-order valence-corrected chi connectivity index (χ1v) is 10.8. The minimum Gasteiger partial charge on any atom is -0.497 e. The summed E-state index contributed by atoms with van der Waals surface area (Å²) in [5.74, 6) is 2.06. The number of carbonyl (C=O) groups excluding carboxylic acids is 2. The van der Waals surface area contributed by atoms with Gasteiger partial charge >= 0.3 is 0 Å². The smallest absolute Gasteiger partial charge is 0.289 e. The van der Waals surface area contributed by atoms with Gasteiger partial charge in [-0.1, -0.05) is 0 Å². The second-order valence-corrected chi connectivity index (χ2v) is 8.04. The standard InChI is InChI=1S/C23H30N4O4/c1-18-3-8-21(31-18)23(29)27-11-9-24(10-12-27)17-22(28)26-15-13-25(14-16-26)19-4-6-20(30-2)7-5-19/h3-8H,9-17H2,1-2H3. The molecule has 0 aliphatic carbocycles. The third kappa shape index (κ3) is 5.02. The number of ether oxygens (including phenoxy) is 1. The molecule has 2 aliphatic heterocycles. The van der Waals surface area contributed by atoms with Crippen molar-refractivity contribution in [3.63, 3.8) is 0 Å². The Labute approximate surface area is 182 Å². The summed E-state index contributed by atoms with van der Waals surface area (Å²) in [6, 6.07) is 11.6. The van der Waals surface area contributed by atoms with Gasteiger partial charge in [0.15, 0.2) is 5.76 Å². The highest BCUT2D eigenvalue weighted by Gasteiger charge is 2.27. The van der Waals surface area contributed by atoms with Crippen LogP contribution in [0.4, 0.5) is 5.69 Å². The molecule has 0 atom stereocenters. The number of benzene rings is 1. The highest BCUT2D eigenvalue weighted by Crippen LogP contribution is 2.20. The van der Waals surface area contributed by atoms with Crippen LogP contribution < -0.4 is 9.64 Å². The number of piperazine rings is 2. The molecule has 1 aromatic carbocycles. The molecule has 2 aromatic rings. The van der Waals surface area contributed by atoms with Crippen molar-refractivity contribution in [2.45, 2.75) is 6.92 Å². The lowest BCUT2D eigenvalue weighted by Crippen LogP contribution is -2.54. The van der Waals surface area contributed by atoms with Gasteiger partial charge in [0.25, 0.3) is 5.91 Å². The fraction of sp³-hybridized carbons (Fsp3) is 0.478. The molecule has 0 radical (unpaired) electrons. The van der Waals surface area contributed by atoms with Crippen molar-refractivity contribution in [1.82, 2.24) is 14.7 Å². The number of nitrogens with zero attached hydrogens (tertiary/aromatic N) is 4. The van der Waals surface area contributed by atoms with Gasteiger partial charge in [0.1, 0.15) is 11.5 Å². The number of aryl methyl sites for hydroxylation is 1. The van der Waals surface area contributed by atoms with Crippen LogP contribution in [0.15, 0.2) is 40.8 Å². The van der Waals surface area contributed by atoms with Crippen molar-refractivity contribution in [2.24, 2.45) is 0 Å². The van der Waals surface area contributed by atoms with E-state index in [0.29, 0.717) is 38.5 Å². The number of hydrogen-bond donors (Lipinski definition) is 0. The zero-order valence-electron chi connectivity index (χ0n) is 18.2. The first kappa shape index (κ1) is 21.2. The lowest BCUT2D eigenvalue weighted by molar-refractivity contribution is -0.133. The van der Waals surface area contributed by atoms with Crippen LogP contribution in [0.2, 0.25) is 0 Å². The first-order valence-electron chi connectivity index (χ1n) is 10.8. The van der Waals surface area contributed by atoms with Crippen LogP contribution in [0.1, 0.15) is 16.3 Å². The Kier molecular flexibility index (Phi) is 6.46. The van der Waals surface area contributed by atoms with E-state index in [1.807, 2.05) is 24.0 Å². The van der Waals surface area contributed by atoms with E-state index in [1.165, 1.54) is 0 Å². The summed E-state index contributed by atoms with van der Waals surface area (Å²) in [6.07, 6.45) is 0. The maximum Gasteiger partial charge on any atom is 0.289 e. The Morgan fingerprint density at radius 1 is 0.871 bits per heavy atom. The number of anilines is 1. The van der Waals surface area contributed by atoms with Gasteiger partial charge in [-0.3, -0.25) is 14.5 Å². The molecule has 2 saturated heterocycles. The largest absolute Gasteiger partial charge is 0.497 e. The normalized spacial score (nSPS) is 17.7. The average molecular weight is 427 g/mol. The van der Waals surface area contributed by atoms with Crippen molar-refractivity contribution in [2.75, 3.05) is 70.9 Å². The second kappa shape index (κ2) is 9.43. The molecule has 0 N–H and O–H groups in total. The Bertz CT molecular complexity index is 895. The topological polar surface area (TPSA) is 69.5 Å². The van der Waals surface area contributed by atoms with Crippen LogP contribution >= 0.6 is 0 Å². The monoisotopic (exact) mass is 426 g/mol. The molecule has 2 aliphatic rings. The molecule has 0 bridgehead atoms. The van der Waals surface area contributed by atoms with Gasteiger partial charge in [-0.05, 0) is 43.3 Å². The van der Waals surface area contributed by atoms with Crippen LogP contribution in [0.5, 0.6) is 5.75 Å². The summed E-state index contributed by atoms with van der Waals surface area (Å²) in [6.45, 7) is 7.94. The van der Waals surface area contributed by atoms with E-state index >= 15 is 0 Å². The number of carbonyl (C=O) groups is 2. The Hall–Kier alpha value is -3.00. The van der Waals surface area contributed by atoms with E-state index < -0.39 is 0 Å². The van der Waals surface area contributed by atoms with Crippen molar-refractivity contribution in [1.29, 1.82) is 0 Å². The summed E-state index contributed by atoms with van der Waals surface area (Å²) in [5, 5.41) is 0. The lowest BCUT2D eigenvalue weighted by Gasteiger charge is -2.38. The highest BCUT2D eigenvalue weighted by molar-refractivity contribution is 5.91. The predicted molar refractivity (Wildman–Crippen MR) is 118 cm³/mol. The van der Waals surface area contributed by atoms with Crippen molar-refractivity contribution >= 4 is 17.5 Å². The van der Waals surface area contributed by atoms with Gasteiger partial charge in [0.2, 0.25) is 5.91 Å². The molecule has 0 saturated carbocycles. The molecule has 1 aromatic heterocycles. The molecular formula is C23H30N4O4. The summed E-state index contributed by atoms with van der Waals surface area (Å²) in [5.41, 5.74) is 1.15. The molecule has 8 heteroatoms. The number of furan rings is 1. The third-order valence-corrected chi connectivity index (χ3v) is 6.04. The molecule has 2 amide bonds. The predicted octanol–water partition coefficient (Wildman–Crippen LogP) is 1.70. The third-order valence-electron chi connectivity index (χ3n) is 6.04. The fourth-order valence-corrected chi connectivity index (χ4v) is 4.11. The lowest BCUT2D eigenvalue weighted by atomic mass is 10.2. The first-order chi connectivity index (χ1) is 15.0. The SMILES string of the molecule is COc1ccc(N2CCN(C(=O)CN3CCN(C(=O)c4ccc(C)o4)CC3)CC2)cc1. The average Bonchev–Trinajstić information content (AvgIpc) is 3.25. The molecule has 0 unspecified atom stereocenters. The zero-order valence-corrected chi connectivity index (χ0v) is 18.2. The maximum absolute atomic E-state index is 12.8. The summed E-state index contributed by atoms with van der Waals surface area (Å²) < 4.78 is 10.7. The maximum atomic E-state index is 12.8. The summed E-state index contributed by atoms with van der Waals surface area (Å²) in [7, 11) is 1.66. The molecular weight excluding hydrogens is 396 g/mol. The van der Waals surface area contributed by atoms with Gasteiger partial charge in [0.05, 0.1) is 13.7 Å². The molecule has 4 rings (SSSR count). The zero-order chi connectivity index (χ0) is 21.8. The fourth-order valence-electron chi connectivity index (χ4n) is 4.11. The number of hydrogen-bond acceptors (Lipinski definition) is 6. The van der Waals surface area contributed by atoms with Crippen LogP contribution in [0.25, 0.3) is 0 Å². The van der Waals surface area contributed by atoms with E-state index in [-0.39, 0.29) is 11.8 Å². The van der Waals surface area contributed by atoms with Gasteiger partial charge < -0.3 is 23.9 Å². The van der Waals surface area contributed by atoms with Gasteiger partial charge in [-0.2, -0.15) is 0 Å². The van der Waals surface area contributed by atoms with Gasteiger partial charge in [-0.25, -0.2) is 0 Å². The second-order valence-electron chi connectivity index (χ2n) is 8.04. The highest BCUT2D eigenvalue weighted by atomic mass is 16.5. The number of amides is 2. The van der Waals surface area contributed by atoms with Gasteiger partial charge in [0, 0.05) is 58.0 Å². The van der Waals surface area contributed by atoms with Crippen molar-refractivity contribution in [3.05, 3.63) is 47.9 Å². The van der Waals surface area contributed by atoms with Crippen LogP contribution in [0, 0.1) is 6.92 Å². The van der Waals surface area contributed by atoms with E-state index in [4.69, 9.17) is 9.15 Å². The number of methoxy groups -OCH3 is 1. The Morgan fingerprint density at radius 2 is 1.52 bits per heavy atom. The summed E-state index contributed by atoms with van der Waals surface area (Å²) >= 11 is 0. The van der Waals surface area contributed by atoms with Crippen LogP contribution in [-0.2, 0) is 4.79 Å². The molecule has 31 heavy (non-hydrogen) atoms. The molecule has 8 nitrogen and oxygen atoms in total. The van der Waals surface area contributed by atoms with Crippen molar-refractivity contribution < 1.29 is 18.7 Å².